The fraction of sp³-hybridized carbons (Fsp3) is 0.778. The first-order valence-electron chi connectivity index (χ1n) is 4.22. The summed E-state index contributed by atoms with van der Waals surface area (Å²) in [5.41, 5.74) is 1.20. The third-order valence-corrected chi connectivity index (χ3v) is 4.38. The highest BCUT2D eigenvalue weighted by atomic mass is 32.2. The number of hydrogen-bond acceptors (Lipinski definition) is 1. The molecule has 0 heterocycles. The van der Waals surface area contributed by atoms with Gasteiger partial charge in [0.1, 0.15) is 0 Å². The van der Waals surface area contributed by atoms with Crippen LogP contribution in [0.5, 0.6) is 0 Å². The third-order valence-electron chi connectivity index (χ3n) is 1.57. The molecule has 0 aromatic heterocycles. The van der Waals surface area contributed by atoms with Gasteiger partial charge in [0.15, 0.2) is 0 Å². The monoisotopic (exact) mass is 191 g/mol. The molecule has 1 unspecified atom stereocenters. The van der Waals surface area contributed by atoms with E-state index in [2.05, 4.69) is 40.7 Å². The van der Waals surface area contributed by atoms with Gasteiger partial charge in [-0.3, -0.25) is 0 Å². The van der Waals surface area contributed by atoms with Gasteiger partial charge in [-0.25, -0.2) is 10.7 Å². The largest absolute Gasteiger partial charge is 0.475 e. The van der Waals surface area contributed by atoms with Gasteiger partial charge < -0.3 is 10.1 Å². The predicted molar refractivity (Wildman–Crippen MR) is 63.8 cm³/mol. The van der Waals surface area contributed by atoms with E-state index < -0.39 is 0 Å². The topological polar surface area (TPSA) is 0 Å². The van der Waals surface area contributed by atoms with E-state index >= 15 is 0 Å². The maximum Gasteiger partial charge on any atom is -0.0469 e. The molecule has 2 heteroatoms. The van der Waals surface area contributed by atoms with Gasteiger partial charge in [0.2, 0.25) is 0 Å². The molecule has 0 bridgehead atoms. The van der Waals surface area contributed by atoms with Crippen molar-refractivity contribution in [3.05, 3.63) is 0 Å². The Balaban J connectivity index is 3.72. The predicted octanol–water partition coefficient (Wildman–Crippen LogP) is 2.50. The molecule has 0 N–H and O–H groups in total. The van der Waals surface area contributed by atoms with Crippen LogP contribution in [-0.2, 0) is 10.1 Å². The van der Waals surface area contributed by atoms with E-state index in [1.165, 1.54) is 18.3 Å². The molecular weight excluding hydrogens is 171 g/mol. The van der Waals surface area contributed by atoms with Crippen LogP contribution >= 0.6 is 9.24 Å². The summed E-state index contributed by atoms with van der Waals surface area (Å²) in [5, 5.41) is 4.75. The van der Waals surface area contributed by atoms with Crippen LogP contribution in [0.4, 0.5) is 0 Å². The minimum atomic E-state index is 0.458. The standard InChI is InChI=1S/C9H20PS/c1-4-11(8-10)7-5-6-9(2)3/h4,7,9H,5-6,8,10H2,1-3H3/q-1. The van der Waals surface area contributed by atoms with Crippen LogP contribution in [0.2, 0.25) is 0 Å². The Labute approximate surface area is 75.5 Å². The first-order valence-corrected chi connectivity index (χ1v) is 6.55. The molecule has 68 valence electrons. The Morgan fingerprint density at radius 2 is 2.09 bits per heavy atom. The lowest BCUT2D eigenvalue weighted by Gasteiger charge is -2.07. The smallest absolute Gasteiger partial charge is 0.0469 e. The van der Waals surface area contributed by atoms with Crippen molar-refractivity contribution in [2.24, 2.45) is 5.92 Å². The number of hydrogen-bond donors (Lipinski definition) is 0. The molecule has 0 amide bonds. The molecular formula is C9H20PS-. The minimum absolute atomic E-state index is 0.458. The van der Waals surface area contributed by atoms with E-state index in [0.717, 1.165) is 5.92 Å². The minimum Gasteiger partial charge on any atom is -0.475 e. The fourth-order valence-corrected chi connectivity index (χ4v) is 2.76. The van der Waals surface area contributed by atoms with Crippen molar-refractivity contribution in [2.45, 2.75) is 33.6 Å². The van der Waals surface area contributed by atoms with Crippen molar-refractivity contribution in [1.82, 2.24) is 0 Å². The van der Waals surface area contributed by atoms with Gasteiger partial charge in [-0.2, -0.15) is 9.24 Å². The molecule has 0 spiro atoms. The van der Waals surface area contributed by atoms with Crippen LogP contribution in [-0.4, -0.2) is 16.2 Å². The van der Waals surface area contributed by atoms with Crippen LogP contribution in [0.1, 0.15) is 33.6 Å². The van der Waals surface area contributed by atoms with Gasteiger partial charge in [0.05, 0.1) is 0 Å². The van der Waals surface area contributed by atoms with Gasteiger partial charge in [-0.15, -0.1) is 5.49 Å². The lowest BCUT2D eigenvalue weighted by Crippen LogP contribution is -1.91. The normalized spacial score (nSPS) is 14.6. The van der Waals surface area contributed by atoms with E-state index in [9.17, 15) is 0 Å². The Kier molecular flexibility index (Phi) is 7.52. The molecule has 0 nitrogen and oxygen atoms in total. The average molecular weight is 191 g/mol. The maximum atomic E-state index is 2.81. The Bertz CT molecular complexity index is 164. The van der Waals surface area contributed by atoms with Crippen LogP contribution < -0.4 is 0 Å². The molecule has 0 aromatic carbocycles. The van der Waals surface area contributed by atoms with Crippen molar-refractivity contribution in [3.63, 3.8) is 0 Å². The second-order valence-corrected chi connectivity index (χ2v) is 6.09. The molecule has 0 saturated carbocycles. The van der Waals surface area contributed by atoms with Crippen molar-refractivity contribution in [1.29, 1.82) is 0 Å². The molecule has 11 heavy (non-hydrogen) atoms. The highest BCUT2D eigenvalue weighted by molar-refractivity contribution is 7.96. The van der Waals surface area contributed by atoms with Crippen LogP contribution in [0.3, 0.4) is 0 Å². The van der Waals surface area contributed by atoms with Crippen LogP contribution in [0.25, 0.3) is 0 Å². The third kappa shape index (κ3) is 6.90. The van der Waals surface area contributed by atoms with Crippen molar-refractivity contribution in [2.75, 3.05) is 5.49 Å². The van der Waals surface area contributed by atoms with E-state index in [1.807, 2.05) is 0 Å². The number of rotatable bonds is 4. The van der Waals surface area contributed by atoms with Gasteiger partial charge in [-0.1, -0.05) is 27.2 Å². The second-order valence-electron chi connectivity index (χ2n) is 3.01. The van der Waals surface area contributed by atoms with E-state index in [1.54, 1.807) is 0 Å². The zero-order valence-corrected chi connectivity index (χ0v) is 9.81. The first-order chi connectivity index (χ1) is 5.20. The molecule has 1 atom stereocenters. The van der Waals surface area contributed by atoms with Crippen molar-refractivity contribution >= 4 is 30.0 Å². The quantitative estimate of drug-likeness (QED) is 0.364. The average Bonchev–Trinajstić information content (AvgIpc) is 1.98. The SMILES string of the molecule is CC=[S-](=CCCC(C)C)CP. The Hall–Kier alpha value is 0.520. The van der Waals surface area contributed by atoms with E-state index in [0.29, 0.717) is 10.1 Å². The maximum absolute atomic E-state index is 2.81. The molecule has 0 aliphatic heterocycles. The van der Waals surface area contributed by atoms with Gasteiger partial charge in [0, 0.05) is 0 Å². The van der Waals surface area contributed by atoms with Gasteiger partial charge in [0.25, 0.3) is 0 Å². The zero-order valence-electron chi connectivity index (χ0n) is 7.84. The summed E-state index contributed by atoms with van der Waals surface area (Å²) >= 11 is 0. The van der Waals surface area contributed by atoms with Gasteiger partial charge in [-0.05, 0) is 12.3 Å². The summed E-state index contributed by atoms with van der Waals surface area (Å²) in [5.74, 6) is 0.845. The highest BCUT2D eigenvalue weighted by Crippen LogP contribution is 2.01. The zero-order chi connectivity index (χ0) is 8.69. The lowest BCUT2D eigenvalue weighted by atomic mass is 10.1. The van der Waals surface area contributed by atoms with Crippen molar-refractivity contribution < 1.29 is 0 Å². The molecule has 0 aliphatic rings. The molecule has 0 aromatic rings. The van der Waals surface area contributed by atoms with E-state index in [-0.39, 0.29) is 0 Å². The summed E-state index contributed by atoms with van der Waals surface area (Å²) in [6, 6.07) is 0. The molecule has 0 aliphatic carbocycles. The molecule has 0 radical (unpaired) electrons. The molecule has 0 rings (SSSR count). The highest BCUT2D eigenvalue weighted by Gasteiger charge is 1.86. The summed E-state index contributed by atoms with van der Waals surface area (Å²) in [6.45, 7) is 6.71. The summed E-state index contributed by atoms with van der Waals surface area (Å²) < 4.78 is 0. The summed E-state index contributed by atoms with van der Waals surface area (Å²) in [6.07, 6.45) is 2.61. The van der Waals surface area contributed by atoms with Gasteiger partial charge >= 0.3 is 0 Å². The fourth-order valence-electron chi connectivity index (χ4n) is 0.813. The lowest BCUT2D eigenvalue weighted by molar-refractivity contribution is 0.608. The Morgan fingerprint density at radius 3 is 2.45 bits per heavy atom. The molecule has 0 saturated heterocycles. The Morgan fingerprint density at radius 1 is 1.45 bits per heavy atom. The molecule has 0 fully saturated rings. The summed E-state index contributed by atoms with van der Waals surface area (Å²) in [4.78, 5) is 0. The summed E-state index contributed by atoms with van der Waals surface area (Å²) in [7, 11) is 3.27. The van der Waals surface area contributed by atoms with Crippen LogP contribution in [0, 0.1) is 5.92 Å². The van der Waals surface area contributed by atoms with Crippen molar-refractivity contribution in [3.8, 4) is 0 Å². The van der Waals surface area contributed by atoms with Crippen LogP contribution in [0.15, 0.2) is 0 Å². The second kappa shape index (κ2) is 7.18. The van der Waals surface area contributed by atoms with E-state index in [4.69, 9.17) is 0 Å². The first kappa shape index (κ1) is 11.5.